The third kappa shape index (κ3) is 3.18. The molecule has 0 spiro atoms. The van der Waals surface area contributed by atoms with Gasteiger partial charge in [-0.1, -0.05) is 12.1 Å². The molecule has 0 aliphatic carbocycles. The highest BCUT2D eigenvalue weighted by molar-refractivity contribution is 6.27. The van der Waals surface area contributed by atoms with E-state index in [1.165, 1.54) is 18.2 Å². The number of aliphatic carboxylic acids is 1. The number of carbonyl (C=O) groups is 2. The van der Waals surface area contributed by atoms with Crippen LogP contribution in [-0.2, 0) is 16.0 Å². The first-order chi connectivity index (χ1) is 7.97. The zero-order valence-electron chi connectivity index (χ0n) is 8.76. The molecule has 1 atom stereocenters. The van der Waals surface area contributed by atoms with E-state index < -0.39 is 12.1 Å². The molecule has 5 nitrogen and oxygen atoms in total. The fourth-order valence-electron chi connectivity index (χ4n) is 1.42. The largest absolute Gasteiger partial charge is 0.508 e. The maximum absolute atomic E-state index is 11.2. The normalized spacial score (nSPS) is 12.1. The van der Waals surface area contributed by atoms with Crippen LogP contribution in [0.25, 0.3) is 0 Å². The second kappa shape index (κ2) is 5.65. The number of ketones is 1. The van der Waals surface area contributed by atoms with E-state index in [1.807, 2.05) is 0 Å². The maximum atomic E-state index is 11.2. The summed E-state index contributed by atoms with van der Waals surface area (Å²) >= 11 is 5.34. The molecule has 0 aliphatic heterocycles. The lowest BCUT2D eigenvalue weighted by Gasteiger charge is -2.12. The lowest BCUT2D eigenvalue weighted by Crippen LogP contribution is -2.15. The Morgan fingerprint density at radius 2 is 2.00 bits per heavy atom. The highest BCUT2D eigenvalue weighted by Gasteiger charge is 2.22. The molecule has 1 aromatic rings. The van der Waals surface area contributed by atoms with Crippen molar-refractivity contribution >= 4 is 23.4 Å². The summed E-state index contributed by atoms with van der Waals surface area (Å²) in [6.07, 6.45) is -1.99. The van der Waals surface area contributed by atoms with E-state index in [0.29, 0.717) is 0 Å². The Labute approximate surface area is 102 Å². The minimum absolute atomic E-state index is 0.00373. The molecular weight excluding hydrogens is 248 g/mol. The zero-order valence-corrected chi connectivity index (χ0v) is 9.52. The average molecular weight is 259 g/mol. The lowest BCUT2D eigenvalue weighted by atomic mass is 9.97. The van der Waals surface area contributed by atoms with Gasteiger partial charge in [0.1, 0.15) is 5.75 Å². The van der Waals surface area contributed by atoms with Crippen molar-refractivity contribution in [3.8, 4) is 5.75 Å². The molecule has 1 unspecified atom stereocenters. The smallest absolute Gasteiger partial charge is 0.337 e. The van der Waals surface area contributed by atoms with E-state index in [1.54, 1.807) is 0 Å². The minimum atomic E-state index is -1.78. The Bertz CT molecular complexity index is 443. The van der Waals surface area contributed by atoms with Crippen molar-refractivity contribution in [2.24, 2.45) is 0 Å². The third-order valence-electron chi connectivity index (χ3n) is 2.24. The van der Waals surface area contributed by atoms with Crippen LogP contribution in [0.15, 0.2) is 18.2 Å². The Hall–Kier alpha value is -1.59. The van der Waals surface area contributed by atoms with Gasteiger partial charge in [-0.15, -0.1) is 11.6 Å². The molecule has 1 aromatic carbocycles. The Balaban J connectivity index is 3.17. The molecule has 0 amide bonds. The Morgan fingerprint density at radius 3 is 2.53 bits per heavy atom. The van der Waals surface area contributed by atoms with Crippen LogP contribution in [0.5, 0.6) is 5.75 Å². The summed E-state index contributed by atoms with van der Waals surface area (Å²) < 4.78 is 0. The molecule has 17 heavy (non-hydrogen) atoms. The van der Waals surface area contributed by atoms with Crippen molar-refractivity contribution in [1.82, 2.24) is 0 Å². The van der Waals surface area contributed by atoms with E-state index in [9.17, 15) is 19.8 Å². The van der Waals surface area contributed by atoms with E-state index in [2.05, 4.69) is 0 Å². The minimum Gasteiger partial charge on any atom is -0.508 e. The van der Waals surface area contributed by atoms with E-state index >= 15 is 0 Å². The molecule has 0 radical (unpaired) electrons. The third-order valence-corrected chi connectivity index (χ3v) is 2.54. The molecule has 3 N–H and O–H groups in total. The highest BCUT2D eigenvalue weighted by Crippen LogP contribution is 2.27. The Kier molecular flexibility index (Phi) is 4.48. The summed E-state index contributed by atoms with van der Waals surface area (Å²) in [5, 5.41) is 27.7. The van der Waals surface area contributed by atoms with Crippen LogP contribution < -0.4 is 0 Å². The molecule has 0 fully saturated rings. The molecular formula is C11H11ClO5. The molecule has 0 saturated heterocycles. The van der Waals surface area contributed by atoms with Gasteiger partial charge in [-0.3, -0.25) is 4.79 Å². The van der Waals surface area contributed by atoms with Crippen molar-refractivity contribution in [3.05, 3.63) is 29.3 Å². The van der Waals surface area contributed by atoms with Gasteiger partial charge in [0, 0.05) is 12.0 Å². The monoisotopic (exact) mass is 258 g/mol. The van der Waals surface area contributed by atoms with Gasteiger partial charge in [-0.25, -0.2) is 4.79 Å². The van der Waals surface area contributed by atoms with Crippen LogP contribution in [0.2, 0.25) is 0 Å². The van der Waals surface area contributed by atoms with E-state index in [4.69, 9.17) is 16.7 Å². The van der Waals surface area contributed by atoms with Gasteiger partial charge in [0.2, 0.25) is 0 Å². The molecule has 92 valence electrons. The number of aromatic hydroxyl groups is 1. The predicted molar refractivity (Wildman–Crippen MR) is 60.1 cm³/mol. The van der Waals surface area contributed by atoms with Crippen LogP contribution in [0, 0.1) is 0 Å². The fraction of sp³-hybridized carbons (Fsp3) is 0.273. The van der Waals surface area contributed by atoms with Crippen molar-refractivity contribution < 1.29 is 24.9 Å². The summed E-state index contributed by atoms with van der Waals surface area (Å²) in [4.78, 5) is 21.9. The van der Waals surface area contributed by atoms with E-state index in [-0.39, 0.29) is 35.0 Å². The van der Waals surface area contributed by atoms with Crippen LogP contribution in [-0.4, -0.2) is 33.0 Å². The lowest BCUT2D eigenvalue weighted by molar-refractivity contribution is -0.147. The van der Waals surface area contributed by atoms with Crippen LogP contribution >= 0.6 is 11.6 Å². The first-order valence-corrected chi connectivity index (χ1v) is 5.30. The number of halogens is 1. The average Bonchev–Trinajstić information content (AvgIpc) is 2.30. The number of aliphatic hydroxyl groups excluding tert-OH is 1. The van der Waals surface area contributed by atoms with Gasteiger partial charge in [-0.05, 0) is 11.6 Å². The number of rotatable bonds is 5. The van der Waals surface area contributed by atoms with Crippen LogP contribution in [0.1, 0.15) is 17.2 Å². The number of hydrogen-bond donors (Lipinski definition) is 3. The number of Topliss-reactive ketones (excluding diaryl/α,β-unsaturated/α-hetero) is 1. The Morgan fingerprint density at radius 1 is 1.35 bits per heavy atom. The first kappa shape index (κ1) is 13.5. The molecule has 0 bridgehead atoms. The topological polar surface area (TPSA) is 94.8 Å². The summed E-state index contributed by atoms with van der Waals surface area (Å²) in [5.41, 5.74) is 0.0871. The number of phenols is 1. The second-order valence-corrected chi connectivity index (χ2v) is 3.70. The van der Waals surface area contributed by atoms with Crippen molar-refractivity contribution in [3.63, 3.8) is 0 Å². The molecule has 6 heteroatoms. The van der Waals surface area contributed by atoms with Gasteiger partial charge < -0.3 is 15.3 Å². The summed E-state index contributed by atoms with van der Waals surface area (Å²) in [7, 11) is 0. The van der Waals surface area contributed by atoms with Crippen molar-refractivity contribution in [2.75, 3.05) is 5.88 Å². The number of carboxylic acids is 1. The van der Waals surface area contributed by atoms with E-state index in [0.717, 1.165) is 0 Å². The highest BCUT2D eigenvalue weighted by atomic mass is 35.5. The van der Waals surface area contributed by atoms with Crippen LogP contribution in [0.3, 0.4) is 0 Å². The number of aliphatic hydroxyl groups is 1. The second-order valence-electron chi connectivity index (χ2n) is 3.43. The molecule has 0 saturated carbocycles. The van der Waals surface area contributed by atoms with Crippen LogP contribution in [0.4, 0.5) is 0 Å². The molecule has 0 heterocycles. The van der Waals surface area contributed by atoms with Gasteiger partial charge in [-0.2, -0.15) is 0 Å². The molecule has 0 aromatic heterocycles. The number of phenolic OH excluding ortho intramolecular Hbond substituents is 1. The van der Waals surface area contributed by atoms with Gasteiger partial charge >= 0.3 is 5.97 Å². The number of alkyl halides is 1. The van der Waals surface area contributed by atoms with Crippen molar-refractivity contribution in [2.45, 2.75) is 12.5 Å². The SMILES string of the molecule is O=C(CCl)Cc1c(O)cccc1C(O)C(=O)O. The first-order valence-electron chi connectivity index (χ1n) is 4.76. The predicted octanol–water partition coefficient (Wildman–Crippen LogP) is 0.861. The summed E-state index contributed by atoms with van der Waals surface area (Å²) in [6.45, 7) is 0. The summed E-state index contributed by atoms with van der Waals surface area (Å²) in [6, 6.07) is 4.05. The van der Waals surface area contributed by atoms with Gasteiger partial charge in [0.05, 0.1) is 5.88 Å². The number of carbonyl (C=O) groups excluding carboxylic acids is 1. The number of hydrogen-bond acceptors (Lipinski definition) is 4. The standard InChI is InChI=1S/C11H11ClO5/c12-5-6(13)4-8-7(10(15)11(16)17)2-1-3-9(8)14/h1-3,10,14-15H,4-5H2,(H,16,17). The van der Waals surface area contributed by atoms with Gasteiger partial charge in [0.25, 0.3) is 0 Å². The molecule has 1 rings (SSSR count). The fourth-order valence-corrected chi connectivity index (χ4v) is 1.51. The summed E-state index contributed by atoms with van der Waals surface area (Å²) in [5.74, 6) is -2.29. The maximum Gasteiger partial charge on any atom is 0.337 e. The number of carboxylic acid groups (broad SMARTS) is 1. The zero-order chi connectivity index (χ0) is 13.0. The quantitative estimate of drug-likeness (QED) is 0.681. The van der Waals surface area contributed by atoms with Gasteiger partial charge in [0.15, 0.2) is 11.9 Å². The van der Waals surface area contributed by atoms with Crippen molar-refractivity contribution in [1.29, 1.82) is 0 Å². The molecule has 0 aliphatic rings. The number of benzene rings is 1.